The van der Waals surface area contributed by atoms with E-state index in [0.717, 1.165) is 53.4 Å². The maximum Gasteiger partial charge on any atom is 0.118 e. The van der Waals surface area contributed by atoms with Crippen LogP contribution in [0, 0.1) is 5.92 Å². The summed E-state index contributed by atoms with van der Waals surface area (Å²) in [5.74, 6) is 2.12. The number of aromatic nitrogens is 2. The SMILES string of the molecule is CO/N=C(/c1n[nH]c2c1C=CC(c1ccc(OC)cc1)(c1ccc(OC)cc1)C2)C1CC1. The number of methoxy groups -OCH3 is 2. The molecule has 3 aromatic rings. The summed E-state index contributed by atoms with van der Waals surface area (Å²) in [4.78, 5) is 5.13. The van der Waals surface area contributed by atoms with Crippen molar-refractivity contribution in [1.82, 2.24) is 10.2 Å². The predicted octanol–water partition coefficient (Wildman–Crippen LogP) is 4.74. The highest BCUT2D eigenvalue weighted by atomic mass is 16.6. The van der Waals surface area contributed by atoms with Crippen molar-refractivity contribution in [1.29, 1.82) is 0 Å². The van der Waals surface area contributed by atoms with Gasteiger partial charge in [-0.2, -0.15) is 5.10 Å². The maximum absolute atomic E-state index is 5.39. The van der Waals surface area contributed by atoms with Gasteiger partial charge in [-0.1, -0.05) is 41.6 Å². The lowest BCUT2D eigenvalue weighted by molar-refractivity contribution is 0.212. The monoisotopic (exact) mass is 429 g/mol. The molecule has 1 saturated carbocycles. The van der Waals surface area contributed by atoms with E-state index in [1.807, 2.05) is 24.3 Å². The highest BCUT2D eigenvalue weighted by Gasteiger charge is 2.39. The summed E-state index contributed by atoms with van der Waals surface area (Å²) < 4.78 is 10.8. The molecule has 5 rings (SSSR count). The second-order valence-electron chi connectivity index (χ2n) is 8.34. The van der Waals surface area contributed by atoms with Crippen LogP contribution in [0.25, 0.3) is 6.08 Å². The van der Waals surface area contributed by atoms with Crippen LogP contribution in [0.1, 0.15) is 40.9 Å². The van der Waals surface area contributed by atoms with E-state index < -0.39 is 0 Å². The van der Waals surface area contributed by atoms with Crippen LogP contribution < -0.4 is 9.47 Å². The fourth-order valence-corrected chi connectivity index (χ4v) is 4.57. The van der Waals surface area contributed by atoms with E-state index in [1.54, 1.807) is 21.3 Å². The number of allylic oxidation sites excluding steroid dienone is 1. The Morgan fingerprint density at radius 1 is 0.938 bits per heavy atom. The molecule has 0 radical (unpaired) electrons. The summed E-state index contributed by atoms with van der Waals surface area (Å²) in [6, 6.07) is 16.6. The van der Waals surface area contributed by atoms with Gasteiger partial charge in [-0.3, -0.25) is 5.10 Å². The average molecular weight is 430 g/mol. The van der Waals surface area contributed by atoms with Crippen molar-refractivity contribution in [3.8, 4) is 11.5 Å². The number of oxime groups is 1. The zero-order valence-electron chi connectivity index (χ0n) is 18.6. The molecular formula is C26H27N3O3. The molecule has 0 aliphatic heterocycles. The van der Waals surface area contributed by atoms with Gasteiger partial charge in [0.05, 0.1) is 14.2 Å². The van der Waals surface area contributed by atoms with Crippen LogP contribution in [0.15, 0.2) is 59.8 Å². The summed E-state index contributed by atoms with van der Waals surface area (Å²) in [6.07, 6.45) is 7.49. The van der Waals surface area contributed by atoms with Crippen molar-refractivity contribution < 1.29 is 14.3 Å². The normalized spacial score (nSPS) is 17.0. The third-order valence-electron chi connectivity index (χ3n) is 6.48. The van der Waals surface area contributed by atoms with Gasteiger partial charge in [0.1, 0.15) is 30.0 Å². The number of hydrogen-bond donors (Lipinski definition) is 1. The minimum Gasteiger partial charge on any atom is -0.497 e. The smallest absolute Gasteiger partial charge is 0.118 e. The van der Waals surface area contributed by atoms with E-state index >= 15 is 0 Å². The highest BCUT2D eigenvalue weighted by molar-refractivity contribution is 6.04. The zero-order valence-corrected chi connectivity index (χ0v) is 18.6. The van der Waals surface area contributed by atoms with Gasteiger partial charge in [-0.25, -0.2) is 0 Å². The van der Waals surface area contributed by atoms with E-state index in [0.29, 0.717) is 5.92 Å². The molecule has 0 bridgehead atoms. The number of nitrogens with one attached hydrogen (secondary N) is 1. The molecule has 32 heavy (non-hydrogen) atoms. The van der Waals surface area contributed by atoms with E-state index in [9.17, 15) is 0 Å². The van der Waals surface area contributed by atoms with Crippen LogP contribution in [0.5, 0.6) is 11.5 Å². The molecule has 164 valence electrons. The molecule has 1 aromatic heterocycles. The van der Waals surface area contributed by atoms with Crippen molar-refractivity contribution in [2.45, 2.75) is 24.7 Å². The molecule has 6 nitrogen and oxygen atoms in total. The first-order chi connectivity index (χ1) is 15.7. The molecule has 0 atom stereocenters. The Kier molecular flexibility index (Phi) is 5.21. The second kappa shape index (κ2) is 8.19. The van der Waals surface area contributed by atoms with Crippen molar-refractivity contribution >= 4 is 11.8 Å². The maximum atomic E-state index is 5.39. The van der Waals surface area contributed by atoms with Gasteiger partial charge in [-0.15, -0.1) is 0 Å². The molecule has 1 fully saturated rings. The number of hydrogen-bond acceptors (Lipinski definition) is 5. The lowest BCUT2D eigenvalue weighted by Gasteiger charge is -2.34. The van der Waals surface area contributed by atoms with Crippen LogP contribution in [0.2, 0.25) is 0 Å². The summed E-state index contributed by atoms with van der Waals surface area (Å²) in [7, 11) is 4.97. The number of benzene rings is 2. The van der Waals surface area contributed by atoms with Gasteiger partial charge in [0.2, 0.25) is 0 Å². The minimum atomic E-state index is -0.340. The molecule has 2 aromatic carbocycles. The summed E-state index contributed by atoms with van der Waals surface area (Å²) in [5, 5.41) is 12.3. The summed E-state index contributed by atoms with van der Waals surface area (Å²) in [5.41, 5.74) is 6.08. The Morgan fingerprint density at radius 3 is 2.03 bits per heavy atom. The van der Waals surface area contributed by atoms with Gasteiger partial charge in [0, 0.05) is 29.0 Å². The number of fused-ring (bicyclic) bond motifs is 1. The Labute approximate surface area is 187 Å². The van der Waals surface area contributed by atoms with Gasteiger partial charge >= 0.3 is 0 Å². The number of ether oxygens (including phenoxy) is 2. The molecular weight excluding hydrogens is 402 g/mol. The number of H-pyrrole nitrogens is 1. The van der Waals surface area contributed by atoms with E-state index in [1.165, 1.54) is 11.1 Å². The second-order valence-corrected chi connectivity index (χ2v) is 8.34. The molecule has 0 saturated heterocycles. The molecule has 0 amide bonds. The topological polar surface area (TPSA) is 68.7 Å². The van der Waals surface area contributed by atoms with Crippen LogP contribution in [-0.2, 0) is 16.7 Å². The molecule has 0 unspecified atom stereocenters. The van der Waals surface area contributed by atoms with Gasteiger partial charge in [-0.05, 0) is 48.2 Å². The van der Waals surface area contributed by atoms with Crippen molar-refractivity contribution in [2.24, 2.45) is 11.1 Å². The molecule has 2 aliphatic carbocycles. The van der Waals surface area contributed by atoms with Crippen molar-refractivity contribution in [3.05, 3.63) is 82.7 Å². The Bertz CT molecular complexity index is 1110. The molecule has 1 heterocycles. The summed E-state index contributed by atoms with van der Waals surface area (Å²) in [6.45, 7) is 0. The van der Waals surface area contributed by atoms with Crippen LogP contribution in [0.3, 0.4) is 0 Å². The summed E-state index contributed by atoms with van der Waals surface area (Å²) >= 11 is 0. The molecule has 2 aliphatic rings. The van der Waals surface area contributed by atoms with Gasteiger partial charge in [0.15, 0.2) is 0 Å². The van der Waals surface area contributed by atoms with Crippen molar-refractivity contribution in [3.63, 3.8) is 0 Å². The lowest BCUT2D eigenvalue weighted by Crippen LogP contribution is -2.30. The van der Waals surface area contributed by atoms with E-state index in [2.05, 4.69) is 51.8 Å². The standard InChI is InChI=1S/C26H27N3O3/c1-30-20-10-6-18(7-11-20)26(19-8-12-21(31-2)13-9-19)15-14-22-23(16-26)27-28-25(22)24(29-32-3)17-4-5-17/h6-15,17H,4-5,16H2,1-3H3,(H,27,28)/b29-24+. The third kappa shape index (κ3) is 3.45. The zero-order chi connectivity index (χ0) is 22.1. The lowest BCUT2D eigenvalue weighted by atomic mass is 9.68. The predicted molar refractivity (Wildman–Crippen MR) is 124 cm³/mol. The Balaban J connectivity index is 1.60. The number of aromatic amines is 1. The van der Waals surface area contributed by atoms with Crippen molar-refractivity contribution in [2.75, 3.05) is 21.3 Å². The van der Waals surface area contributed by atoms with Crippen LogP contribution in [-0.4, -0.2) is 37.2 Å². The first-order valence-corrected chi connectivity index (χ1v) is 10.9. The highest BCUT2D eigenvalue weighted by Crippen LogP contribution is 2.43. The Morgan fingerprint density at radius 2 is 1.53 bits per heavy atom. The van der Waals surface area contributed by atoms with Gasteiger partial charge in [0.25, 0.3) is 0 Å². The fourth-order valence-electron chi connectivity index (χ4n) is 4.57. The van der Waals surface area contributed by atoms with Crippen LogP contribution in [0.4, 0.5) is 0 Å². The molecule has 1 N–H and O–H groups in total. The Hall–Kier alpha value is -3.54. The first kappa shape index (κ1) is 20.4. The largest absolute Gasteiger partial charge is 0.497 e. The van der Waals surface area contributed by atoms with E-state index in [4.69, 9.17) is 14.3 Å². The molecule has 6 heteroatoms. The van der Waals surface area contributed by atoms with Gasteiger partial charge < -0.3 is 14.3 Å². The van der Waals surface area contributed by atoms with E-state index in [-0.39, 0.29) is 5.41 Å². The van der Waals surface area contributed by atoms with Crippen LogP contribution >= 0.6 is 0 Å². The average Bonchev–Trinajstić information content (AvgIpc) is 3.61. The number of nitrogens with zero attached hydrogens (tertiary/aromatic N) is 2. The fraction of sp³-hybridized carbons (Fsp3) is 0.308. The quantitative estimate of drug-likeness (QED) is 0.435. The minimum absolute atomic E-state index is 0.340. The molecule has 0 spiro atoms. The third-order valence-corrected chi connectivity index (χ3v) is 6.48. The number of rotatable bonds is 7. The first-order valence-electron chi connectivity index (χ1n) is 10.9.